The molecule has 1 aromatic rings. The monoisotopic (exact) mass is 282 g/mol. The van der Waals surface area contributed by atoms with Crippen LogP contribution in [0.5, 0.6) is 0 Å². The second-order valence-corrected chi connectivity index (χ2v) is 4.27. The summed E-state index contributed by atoms with van der Waals surface area (Å²) in [6.45, 7) is 10.5. The van der Waals surface area contributed by atoms with Crippen molar-refractivity contribution >= 4 is 11.6 Å². The number of rotatable bonds is 10. The topological polar surface area (TPSA) is 59.5 Å². The van der Waals surface area contributed by atoms with Gasteiger partial charge in [0.2, 0.25) is 0 Å². The zero-order valence-corrected chi connectivity index (χ0v) is 13.0. The van der Waals surface area contributed by atoms with Gasteiger partial charge in [-0.2, -0.15) is 0 Å². The van der Waals surface area contributed by atoms with E-state index < -0.39 is 0 Å². The molecule has 1 aromatic heterocycles. The van der Waals surface area contributed by atoms with Gasteiger partial charge in [0.15, 0.2) is 5.82 Å². The van der Waals surface area contributed by atoms with Gasteiger partial charge in [-0.1, -0.05) is 0 Å². The maximum atomic E-state index is 5.42. The molecule has 20 heavy (non-hydrogen) atoms. The first-order chi connectivity index (χ1) is 9.74. The average molecular weight is 282 g/mol. The molecule has 0 aliphatic carbocycles. The summed E-state index contributed by atoms with van der Waals surface area (Å²) in [5, 5.41) is 3.23. The Labute approximate surface area is 121 Å². The molecule has 0 amide bonds. The van der Waals surface area contributed by atoms with Crippen molar-refractivity contribution in [2.75, 3.05) is 50.2 Å². The average Bonchev–Trinajstić information content (AvgIpc) is 2.44. The molecule has 0 aromatic carbocycles. The lowest BCUT2D eigenvalue weighted by atomic mass is 10.4. The smallest absolute Gasteiger partial charge is 0.158 e. The Morgan fingerprint density at radius 3 is 2.65 bits per heavy atom. The molecule has 0 bridgehead atoms. The summed E-state index contributed by atoms with van der Waals surface area (Å²) in [5.74, 6) is 2.43. The molecule has 0 aliphatic heterocycles. The maximum absolute atomic E-state index is 5.42. The molecule has 0 saturated heterocycles. The molecule has 0 atom stereocenters. The molecule has 1 heterocycles. The highest BCUT2D eigenvalue weighted by Crippen LogP contribution is 2.16. The Balaban J connectivity index is 2.87. The summed E-state index contributed by atoms with van der Waals surface area (Å²) < 4.78 is 10.5. The highest BCUT2D eigenvalue weighted by atomic mass is 16.5. The third-order valence-electron chi connectivity index (χ3n) is 2.81. The van der Waals surface area contributed by atoms with Crippen LogP contribution >= 0.6 is 0 Å². The molecule has 0 radical (unpaired) electrons. The molecule has 0 spiro atoms. The minimum absolute atomic E-state index is 0.412. The van der Waals surface area contributed by atoms with E-state index in [2.05, 4.69) is 27.1 Å². The van der Waals surface area contributed by atoms with Crippen LogP contribution in [0.3, 0.4) is 0 Å². The van der Waals surface area contributed by atoms with Gasteiger partial charge in [0.1, 0.15) is 18.2 Å². The van der Waals surface area contributed by atoms with Crippen molar-refractivity contribution in [1.29, 1.82) is 0 Å². The Bertz CT molecular complexity index is 363. The molecule has 0 aliphatic rings. The number of ether oxygens (including phenoxy) is 2. The molecule has 6 heteroatoms. The van der Waals surface area contributed by atoms with E-state index in [1.54, 1.807) is 7.11 Å². The molecule has 0 fully saturated rings. The first-order valence-corrected chi connectivity index (χ1v) is 7.18. The van der Waals surface area contributed by atoms with Crippen LogP contribution in [0, 0.1) is 0 Å². The van der Waals surface area contributed by atoms with Crippen molar-refractivity contribution in [2.45, 2.75) is 27.4 Å². The van der Waals surface area contributed by atoms with Crippen LogP contribution in [0.15, 0.2) is 6.07 Å². The highest BCUT2D eigenvalue weighted by Gasteiger charge is 2.10. The third kappa shape index (κ3) is 5.30. The maximum Gasteiger partial charge on any atom is 0.158 e. The van der Waals surface area contributed by atoms with Gasteiger partial charge in [-0.05, 0) is 20.8 Å². The zero-order valence-electron chi connectivity index (χ0n) is 13.0. The molecule has 114 valence electrons. The number of likely N-dealkylation sites (N-methyl/N-ethyl adjacent to an activating group) is 1. The Morgan fingerprint density at radius 1 is 1.25 bits per heavy atom. The van der Waals surface area contributed by atoms with Gasteiger partial charge in [-0.15, -0.1) is 0 Å². The van der Waals surface area contributed by atoms with Crippen LogP contribution in [0.25, 0.3) is 0 Å². The van der Waals surface area contributed by atoms with Crippen LogP contribution in [0.4, 0.5) is 11.6 Å². The van der Waals surface area contributed by atoms with Crippen molar-refractivity contribution in [1.82, 2.24) is 9.97 Å². The standard InChI is InChI=1S/C14H26N4O2/c1-5-15-12-10-14(17-13(16-12)11-19-4)18(6-2)8-9-20-7-3/h10H,5-9,11H2,1-4H3,(H,15,16,17). The van der Waals surface area contributed by atoms with Gasteiger partial charge in [-0.25, -0.2) is 9.97 Å². The summed E-state index contributed by atoms with van der Waals surface area (Å²) in [4.78, 5) is 11.1. The van der Waals surface area contributed by atoms with Gasteiger partial charge in [0, 0.05) is 39.4 Å². The number of nitrogens with zero attached hydrogens (tertiary/aromatic N) is 3. The normalized spacial score (nSPS) is 10.6. The summed E-state index contributed by atoms with van der Waals surface area (Å²) in [7, 11) is 1.65. The molecule has 1 N–H and O–H groups in total. The number of hydrogen-bond donors (Lipinski definition) is 1. The van der Waals surface area contributed by atoms with Crippen LogP contribution in [-0.4, -0.2) is 49.9 Å². The van der Waals surface area contributed by atoms with E-state index in [0.717, 1.165) is 37.9 Å². The predicted octanol–water partition coefficient (Wildman–Crippen LogP) is 1.92. The Hall–Kier alpha value is -1.40. The van der Waals surface area contributed by atoms with Crippen molar-refractivity contribution < 1.29 is 9.47 Å². The predicted molar refractivity (Wildman–Crippen MR) is 81.3 cm³/mol. The fraction of sp³-hybridized carbons (Fsp3) is 0.714. The number of aromatic nitrogens is 2. The minimum Gasteiger partial charge on any atom is -0.380 e. The van der Waals surface area contributed by atoms with E-state index in [1.807, 2.05) is 19.9 Å². The number of methoxy groups -OCH3 is 1. The lowest BCUT2D eigenvalue weighted by molar-refractivity contribution is 0.154. The van der Waals surface area contributed by atoms with Gasteiger partial charge < -0.3 is 19.7 Å². The molecular weight excluding hydrogens is 256 g/mol. The van der Waals surface area contributed by atoms with Gasteiger partial charge in [0.25, 0.3) is 0 Å². The largest absolute Gasteiger partial charge is 0.380 e. The van der Waals surface area contributed by atoms with Gasteiger partial charge in [0.05, 0.1) is 6.61 Å². The third-order valence-corrected chi connectivity index (χ3v) is 2.81. The van der Waals surface area contributed by atoms with Gasteiger partial charge >= 0.3 is 0 Å². The number of hydrogen-bond acceptors (Lipinski definition) is 6. The second-order valence-electron chi connectivity index (χ2n) is 4.27. The van der Waals surface area contributed by atoms with E-state index >= 15 is 0 Å². The van der Waals surface area contributed by atoms with Crippen LogP contribution in [0.2, 0.25) is 0 Å². The molecule has 0 saturated carbocycles. The van der Waals surface area contributed by atoms with Gasteiger partial charge in [-0.3, -0.25) is 0 Å². The molecule has 6 nitrogen and oxygen atoms in total. The van der Waals surface area contributed by atoms with Crippen LogP contribution < -0.4 is 10.2 Å². The Morgan fingerprint density at radius 2 is 2.05 bits per heavy atom. The van der Waals surface area contributed by atoms with Crippen molar-refractivity contribution in [3.05, 3.63) is 11.9 Å². The first kappa shape index (κ1) is 16.7. The van der Waals surface area contributed by atoms with Crippen molar-refractivity contribution in [2.24, 2.45) is 0 Å². The van der Waals surface area contributed by atoms with Crippen LogP contribution in [0.1, 0.15) is 26.6 Å². The lowest BCUT2D eigenvalue weighted by Crippen LogP contribution is -2.28. The molecular formula is C14H26N4O2. The van der Waals surface area contributed by atoms with Crippen molar-refractivity contribution in [3.8, 4) is 0 Å². The highest BCUT2D eigenvalue weighted by molar-refractivity contribution is 5.49. The summed E-state index contributed by atoms with van der Waals surface area (Å²) >= 11 is 0. The number of anilines is 2. The molecule has 1 rings (SSSR count). The van der Waals surface area contributed by atoms with E-state index in [1.165, 1.54) is 0 Å². The summed E-state index contributed by atoms with van der Waals surface area (Å²) in [5.41, 5.74) is 0. The van der Waals surface area contributed by atoms with E-state index in [-0.39, 0.29) is 0 Å². The quantitative estimate of drug-likeness (QED) is 0.662. The Kier molecular flexibility index (Phi) is 7.91. The first-order valence-electron chi connectivity index (χ1n) is 7.18. The lowest BCUT2D eigenvalue weighted by Gasteiger charge is -2.22. The number of nitrogens with one attached hydrogen (secondary N) is 1. The minimum atomic E-state index is 0.412. The summed E-state index contributed by atoms with van der Waals surface area (Å²) in [6.07, 6.45) is 0. The molecule has 0 unspecified atom stereocenters. The van der Waals surface area contributed by atoms with E-state index in [9.17, 15) is 0 Å². The van der Waals surface area contributed by atoms with Crippen molar-refractivity contribution in [3.63, 3.8) is 0 Å². The van der Waals surface area contributed by atoms with Crippen LogP contribution in [-0.2, 0) is 16.1 Å². The summed E-state index contributed by atoms with van der Waals surface area (Å²) in [6, 6.07) is 1.97. The fourth-order valence-electron chi connectivity index (χ4n) is 1.86. The zero-order chi connectivity index (χ0) is 14.8. The van der Waals surface area contributed by atoms with E-state index in [4.69, 9.17) is 9.47 Å². The fourth-order valence-corrected chi connectivity index (χ4v) is 1.86. The SMILES string of the molecule is CCNc1cc(N(CC)CCOCC)nc(COC)n1. The second kappa shape index (κ2) is 9.50. The van der Waals surface area contributed by atoms with E-state index in [0.29, 0.717) is 19.0 Å².